The topological polar surface area (TPSA) is 57.5 Å². The lowest BCUT2D eigenvalue weighted by Crippen LogP contribution is -2.06. The maximum absolute atomic E-state index is 11.1. The van der Waals surface area contributed by atoms with E-state index in [1.165, 1.54) is 38.5 Å². The Morgan fingerprint density at radius 1 is 0.882 bits per heavy atom. The maximum Gasteiger partial charge on any atom is 0.328 e. The summed E-state index contributed by atoms with van der Waals surface area (Å²) in [5, 5.41) is 0. The SMILES string of the molecule is CCCCCCCCCCC(CC)P(=O)(O)O. The smallest absolute Gasteiger partial charge is 0.324 e. The van der Waals surface area contributed by atoms with Crippen molar-refractivity contribution in [1.29, 1.82) is 0 Å². The largest absolute Gasteiger partial charge is 0.328 e. The molecule has 0 heterocycles. The van der Waals surface area contributed by atoms with E-state index in [0.29, 0.717) is 12.8 Å². The highest BCUT2D eigenvalue weighted by atomic mass is 31.2. The fraction of sp³-hybridized carbons (Fsp3) is 1.00. The van der Waals surface area contributed by atoms with Crippen LogP contribution in [0.5, 0.6) is 0 Å². The van der Waals surface area contributed by atoms with E-state index in [4.69, 9.17) is 9.79 Å². The lowest BCUT2D eigenvalue weighted by atomic mass is 10.1. The first kappa shape index (κ1) is 17.2. The minimum Gasteiger partial charge on any atom is -0.324 e. The van der Waals surface area contributed by atoms with Crippen molar-refractivity contribution in [3.8, 4) is 0 Å². The van der Waals surface area contributed by atoms with Crippen LogP contribution in [-0.4, -0.2) is 15.4 Å². The van der Waals surface area contributed by atoms with Crippen molar-refractivity contribution >= 4 is 7.60 Å². The quantitative estimate of drug-likeness (QED) is 0.427. The Labute approximate surface area is 106 Å². The van der Waals surface area contributed by atoms with Gasteiger partial charge in [-0.25, -0.2) is 0 Å². The summed E-state index contributed by atoms with van der Waals surface area (Å²) >= 11 is 0. The third kappa shape index (κ3) is 9.82. The molecule has 0 aliphatic heterocycles. The molecule has 3 nitrogen and oxygen atoms in total. The molecule has 0 radical (unpaired) electrons. The van der Waals surface area contributed by atoms with E-state index < -0.39 is 13.3 Å². The molecule has 0 spiro atoms. The van der Waals surface area contributed by atoms with Crippen LogP contribution in [0.1, 0.15) is 78.1 Å². The average Bonchev–Trinajstić information content (AvgIpc) is 2.25. The average molecular weight is 264 g/mol. The van der Waals surface area contributed by atoms with Crippen LogP contribution in [0.4, 0.5) is 0 Å². The van der Waals surface area contributed by atoms with Crippen LogP contribution in [0.25, 0.3) is 0 Å². The van der Waals surface area contributed by atoms with Gasteiger partial charge in [-0.1, -0.05) is 65.2 Å². The molecule has 0 bridgehead atoms. The second-order valence-corrected chi connectivity index (χ2v) is 6.82. The molecule has 0 aliphatic carbocycles. The summed E-state index contributed by atoms with van der Waals surface area (Å²) in [4.78, 5) is 18.2. The van der Waals surface area contributed by atoms with Crippen molar-refractivity contribution in [1.82, 2.24) is 0 Å². The van der Waals surface area contributed by atoms with E-state index in [-0.39, 0.29) is 0 Å². The first-order chi connectivity index (χ1) is 8.02. The second kappa shape index (κ2) is 10.1. The Kier molecular flexibility index (Phi) is 10.2. The first-order valence-electron chi connectivity index (χ1n) is 7.07. The van der Waals surface area contributed by atoms with Gasteiger partial charge in [0.25, 0.3) is 0 Å². The van der Waals surface area contributed by atoms with Crippen molar-refractivity contribution in [3.63, 3.8) is 0 Å². The highest BCUT2D eigenvalue weighted by Crippen LogP contribution is 2.45. The highest BCUT2D eigenvalue weighted by Gasteiger charge is 2.25. The summed E-state index contributed by atoms with van der Waals surface area (Å²) in [6, 6.07) is 0. The van der Waals surface area contributed by atoms with Crippen molar-refractivity contribution in [2.75, 3.05) is 0 Å². The lowest BCUT2D eigenvalue weighted by molar-refractivity contribution is 0.350. The van der Waals surface area contributed by atoms with E-state index in [0.717, 1.165) is 12.8 Å². The summed E-state index contributed by atoms with van der Waals surface area (Å²) in [5.41, 5.74) is -0.414. The Morgan fingerprint density at radius 3 is 1.76 bits per heavy atom. The molecule has 17 heavy (non-hydrogen) atoms. The predicted molar refractivity (Wildman–Crippen MR) is 73.4 cm³/mol. The molecule has 0 amide bonds. The summed E-state index contributed by atoms with van der Waals surface area (Å²) in [5.74, 6) is 0. The Balaban J connectivity index is 3.41. The summed E-state index contributed by atoms with van der Waals surface area (Å²) in [6.45, 7) is 4.07. The van der Waals surface area contributed by atoms with Crippen LogP contribution >= 0.6 is 7.60 Å². The van der Waals surface area contributed by atoms with Gasteiger partial charge in [-0.2, -0.15) is 0 Å². The molecule has 0 aromatic rings. The minimum absolute atomic E-state index is 0.414. The number of rotatable bonds is 11. The van der Waals surface area contributed by atoms with Crippen LogP contribution in [0.15, 0.2) is 0 Å². The first-order valence-corrected chi connectivity index (χ1v) is 8.75. The zero-order valence-electron chi connectivity index (χ0n) is 11.4. The van der Waals surface area contributed by atoms with E-state index in [2.05, 4.69) is 6.92 Å². The second-order valence-electron chi connectivity index (χ2n) is 4.91. The summed E-state index contributed by atoms with van der Waals surface area (Å²) < 4.78 is 11.1. The van der Waals surface area contributed by atoms with Gasteiger partial charge in [0.2, 0.25) is 0 Å². The van der Waals surface area contributed by atoms with E-state index in [9.17, 15) is 4.57 Å². The molecule has 0 fully saturated rings. The van der Waals surface area contributed by atoms with Gasteiger partial charge in [0.15, 0.2) is 0 Å². The van der Waals surface area contributed by atoms with Crippen molar-refractivity contribution < 1.29 is 14.4 Å². The molecule has 0 aromatic carbocycles. The number of hydrogen-bond acceptors (Lipinski definition) is 1. The molecule has 0 rings (SSSR count). The van der Waals surface area contributed by atoms with Crippen molar-refractivity contribution in [2.24, 2.45) is 0 Å². The molecule has 0 aliphatic rings. The van der Waals surface area contributed by atoms with Gasteiger partial charge in [0.05, 0.1) is 5.66 Å². The Bertz CT molecular complexity index is 213. The van der Waals surface area contributed by atoms with Gasteiger partial charge in [0.1, 0.15) is 0 Å². The zero-order valence-corrected chi connectivity index (χ0v) is 12.3. The van der Waals surface area contributed by atoms with Crippen LogP contribution in [0, 0.1) is 0 Å². The molecule has 2 N–H and O–H groups in total. The lowest BCUT2D eigenvalue weighted by Gasteiger charge is -2.15. The standard InChI is InChI=1S/C13H29O3P/c1-3-5-6-7-8-9-10-11-12-13(4-2)17(14,15)16/h13H,3-12H2,1-2H3,(H2,14,15,16). The van der Waals surface area contributed by atoms with Gasteiger partial charge < -0.3 is 9.79 Å². The minimum atomic E-state index is -3.85. The van der Waals surface area contributed by atoms with E-state index in [1.807, 2.05) is 6.92 Å². The van der Waals surface area contributed by atoms with Gasteiger partial charge in [-0.15, -0.1) is 0 Å². The third-order valence-corrected chi connectivity index (χ3v) is 4.91. The number of unbranched alkanes of at least 4 members (excludes halogenated alkanes) is 7. The fourth-order valence-electron chi connectivity index (χ4n) is 2.12. The van der Waals surface area contributed by atoms with E-state index in [1.54, 1.807) is 0 Å². The molecule has 1 atom stereocenters. The molecule has 0 saturated heterocycles. The monoisotopic (exact) mass is 264 g/mol. The molecule has 1 unspecified atom stereocenters. The van der Waals surface area contributed by atoms with Gasteiger partial charge in [-0.3, -0.25) is 4.57 Å². The third-order valence-electron chi connectivity index (χ3n) is 3.34. The van der Waals surface area contributed by atoms with Crippen LogP contribution in [-0.2, 0) is 4.57 Å². The molecular formula is C13H29O3P. The van der Waals surface area contributed by atoms with E-state index >= 15 is 0 Å². The summed E-state index contributed by atoms with van der Waals surface area (Å²) in [7, 11) is -3.85. The predicted octanol–water partition coefficient (Wildman–Crippen LogP) is 4.47. The zero-order chi connectivity index (χ0) is 13.1. The maximum atomic E-state index is 11.1. The van der Waals surface area contributed by atoms with Crippen molar-refractivity contribution in [2.45, 2.75) is 83.7 Å². The van der Waals surface area contributed by atoms with Gasteiger partial charge in [0, 0.05) is 0 Å². The number of hydrogen-bond donors (Lipinski definition) is 2. The highest BCUT2D eigenvalue weighted by molar-refractivity contribution is 7.52. The normalized spacial score (nSPS) is 13.9. The van der Waals surface area contributed by atoms with Gasteiger partial charge in [-0.05, 0) is 12.8 Å². The molecule has 104 valence electrons. The fourth-order valence-corrected chi connectivity index (χ4v) is 3.12. The van der Waals surface area contributed by atoms with Crippen molar-refractivity contribution in [3.05, 3.63) is 0 Å². The van der Waals surface area contributed by atoms with Crippen LogP contribution in [0.3, 0.4) is 0 Å². The molecule has 0 aromatic heterocycles. The van der Waals surface area contributed by atoms with Gasteiger partial charge >= 0.3 is 7.60 Å². The molecule has 0 saturated carbocycles. The Hall–Kier alpha value is 0.150. The summed E-state index contributed by atoms with van der Waals surface area (Å²) in [6.07, 6.45) is 11.1. The van der Waals surface area contributed by atoms with Crippen LogP contribution in [0.2, 0.25) is 0 Å². The Morgan fingerprint density at radius 2 is 1.35 bits per heavy atom. The molecular weight excluding hydrogens is 235 g/mol. The molecule has 4 heteroatoms. The van der Waals surface area contributed by atoms with Crippen LogP contribution < -0.4 is 0 Å².